The highest BCUT2D eigenvalue weighted by Gasteiger charge is 2.43. The summed E-state index contributed by atoms with van der Waals surface area (Å²) in [6.07, 6.45) is 3.52. The molecule has 2 fully saturated rings. The summed E-state index contributed by atoms with van der Waals surface area (Å²) in [5.41, 5.74) is 2.14. The van der Waals surface area contributed by atoms with E-state index in [1.807, 2.05) is 26.0 Å². The van der Waals surface area contributed by atoms with Gasteiger partial charge >= 0.3 is 5.97 Å². The molecule has 4 rings (SSSR count). The lowest BCUT2D eigenvalue weighted by Crippen LogP contribution is -2.42. The first-order valence-electron chi connectivity index (χ1n) is 9.88. The maximum atomic E-state index is 12.1. The van der Waals surface area contributed by atoms with Gasteiger partial charge in [-0.3, -0.25) is 4.98 Å². The fourth-order valence-corrected chi connectivity index (χ4v) is 4.48. The minimum atomic E-state index is -0.539. The number of methoxy groups -OCH3 is 1. The van der Waals surface area contributed by atoms with Gasteiger partial charge in [0.1, 0.15) is 29.6 Å². The Labute approximate surface area is 169 Å². The van der Waals surface area contributed by atoms with Crippen molar-refractivity contribution < 1.29 is 19.4 Å². The van der Waals surface area contributed by atoms with E-state index in [9.17, 15) is 9.90 Å². The number of carbonyl (C=O) groups excluding carboxylic acids is 1. The van der Waals surface area contributed by atoms with Crippen LogP contribution in [0.25, 0.3) is 0 Å². The number of hydrogen-bond donors (Lipinski definition) is 1. The molecule has 8 nitrogen and oxygen atoms in total. The summed E-state index contributed by atoms with van der Waals surface area (Å²) in [4.78, 5) is 26.9. The molecular formula is C21H26N4O4. The smallest absolute Gasteiger partial charge is 0.343 e. The van der Waals surface area contributed by atoms with E-state index in [4.69, 9.17) is 9.47 Å². The third-order valence-electron chi connectivity index (χ3n) is 5.94. The highest BCUT2D eigenvalue weighted by molar-refractivity contribution is 5.94. The molecule has 1 aliphatic carbocycles. The van der Waals surface area contributed by atoms with E-state index in [0.29, 0.717) is 29.6 Å². The molecule has 8 heteroatoms. The van der Waals surface area contributed by atoms with Gasteiger partial charge in [-0.25, -0.2) is 14.8 Å². The van der Waals surface area contributed by atoms with Crippen molar-refractivity contribution in [2.24, 2.45) is 11.8 Å². The Morgan fingerprint density at radius 3 is 2.69 bits per heavy atom. The molecule has 1 saturated carbocycles. The summed E-state index contributed by atoms with van der Waals surface area (Å²) >= 11 is 0. The lowest BCUT2D eigenvalue weighted by molar-refractivity contribution is -0.0236. The predicted molar refractivity (Wildman–Crippen MR) is 106 cm³/mol. The summed E-state index contributed by atoms with van der Waals surface area (Å²) in [6, 6.07) is 3.84. The van der Waals surface area contributed by atoms with Crippen LogP contribution in [0.5, 0.6) is 5.75 Å². The quantitative estimate of drug-likeness (QED) is 0.781. The van der Waals surface area contributed by atoms with Crippen LogP contribution >= 0.6 is 0 Å². The number of fused-ring (bicyclic) bond motifs is 1. The number of anilines is 1. The molecule has 0 radical (unpaired) electrons. The first-order valence-corrected chi connectivity index (χ1v) is 9.88. The number of aryl methyl sites for hydroxylation is 2. The Bertz CT molecular complexity index is 906. The monoisotopic (exact) mass is 398 g/mol. The zero-order valence-corrected chi connectivity index (χ0v) is 16.9. The molecule has 1 saturated heterocycles. The molecule has 3 heterocycles. The molecule has 2 aliphatic rings. The second-order valence-electron chi connectivity index (χ2n) is 7.91. The van der Waals surface area contributed by atoms with Crippen molar-refractivity contribution in [2.45, 2.75) is 38.9 Å². The minimum Gasteiger partial charge on any atom is -0.486 e. The van der Waals surface area contributed by atoms with E-state index >= 15 is 0 Å². The summed E-state index contributed by atoms with van der Waals surface area (Å²) < 4.78 is 11.0. The number of ether oxygens (including phenoxy) is 2. The Morgan fingerprint density at radius 2 is 1.97 bits per heavy atom. The van der Waals surface area contributed by atoms with Crippen LogP contribution in [0.2, 0.25) is 0 Å². The number of carbonyl (C=O) groups is 1. The third-order valence-corrected chi connectivity index (χ3v) is 5.94. The van der Waals surface area contributed by atoms with E-state index in [0.717, 1.165) is 36.6 Å². The Balaban J connectivity index is 1.49. The molecule has 0 aromatic carbocycles. The van der Waals surface area contributed by atoms with Crippen LogP contribution in [0.4, 0.5) is 5.82 Å². The first-order chi connectivity index (χ1) is 14.0. The molecule has 4 atom stereocenters. The molecule has 0 bridgehead atoms. The zero-order chi connectivity index (χ0) is 20.5. The van der Waals surface area contributed by atoms with Gasteiger partial charge in [0, 0.05) is 25.0 Å². The Kier molecular flexibility index (Phi) is 5.36. The van der Waals surface area contributed by atoms with Crippen molar-refractivity contribution in [3.8, 4) is 5.75 Å². The van der Waals surface area contributed by atoms with Crippen LogP contribution in [0.3, 0.4) is 0 Å². The lowest BCUT2D eigenvalue weighted by atomic mass is 9.78. The first kappa shape index (κ1) is 19.6. The molecule has 0 amide bonds. The van der Waals surface area contributed by atoms with Crippen LogP contribution in [0.15, 0.2) is 24.7 Å². The number of esters is 1. The van der Waals surface area contributed by atoms with E-state index in [2.05, 4.69) is 19.9 Å². The fraction of sp³-hybridized carbons (Fsp3) is 0.524. The predicted octanol–water partition coefficient (Wildman–Crippen LogP) is 1.93. The maximum absolute atomic E-state index is 12.1. The van der Waals surface area contributed by atoms with E-state index in [1.165, 1.54) is 19.6 Å². The SMILES string of the molecule is COC(=O)c1cncnc1N1C[C@H]2C[C@@H](Oc3ccc(C)nc3C)[C@H](O)C[C@H]2C1. The van der Waals surface area contributed by atoms with Gasteiger partial charge < -0.3 is 19.5 Å². The van der Waals surface area contributed by atoms with Crippen LogP contribution < -0.4 is 9.64 Å². The summed E-state index contributed by atoms with van der Waals surface area (Å²) in [5.74, 6) is 1.53. The van der Waals surface area contributed by atoms with Crippen molar-refractivity contribution in [1.82, 2.24) is 15.0 Å². The van der Waals surface area contributed by atoms with Crippen molar-refractivity contribution in [2.75, 3.05) is 25.1 Å². The lowest BCUT2D eigenvalue weighted by Gasteiger charge is -2.35. The van der Waals surface area contributed by atoms with Gasteiger partial charge in [-0.2, -0.15) is 0 Å². The van der Waals surface area contributed by atoms with E-state index in [1.54, 1.807) is 0 Å². The number of hydrogen-bond acceptors (Lipinski definition) is 8. The number of rotatable bonds is 4. The highest BCUT2D eigenvalue weighted by Crippen LogP contribution is 2.40. The van der Waals surface area contributed by atoms with Gasteiger partial charge in [-0.15, -0.1) is 0 Å². The third kappa shape index (κ3) is 3.89. The number of aromatic nitrogens is 3. The number of pyridine rings is 1. The van der Waals surface area contributed by atoms with E-state index < -0.39 is 12.1 Å². The molecule has 0 unspecified atom stereocenters. The summed E-state index contributed by atoms with van der Waals surface area (Å²) in [5, 5.41) is 10.7. The van der Waals surface area contributed by atoms with Crippen LogP contribution in [0.1, 0.15) is 34.6 Å². The molecular weight excluding hydrogens is 372 g/mol. The van der Waals surface area contributed by atoms with Gasteiger partial charge in [0.2, 0.25) is 0 Å². The van der Waals surface area contributed by atoms with E-state index in [-0.39, 0.29) is 6.10 Å². The standard InChI is InChI=1S/C21H26N4O4/c1-12-4-5-18(13(2)24-12)29-19-7-15-10-25(9-14(15)6-17(19)26)20-16(21(27)28-3)8-22-11-23-20/h4-5,8,11,14-15,17,19,26H,6-7,9-10H2,1-3H3/t14-,15+,17+,19+/m0/s1. The number of nitrogens with zero attached hydrogens (tertiary/aromatic N) is 4. The summed E-state index contributed by atoms with van der Waals surface area (Å²) in [7, 11) is 1.35. The Hall–Kier alpha value is -2.74. The number of aliphatic hydroxyl groups is 1. The van der Waals surface area contributed by atoms with Gasteiger partial charge in [-0.05, 0) is 50.7 Å². The second kappa shape index (κ2) is 7.94. The molecule has 154 valence electrons. The normalized spacial score (nSPS) is 26.1. The van der Waals surface area contributed by atoms with Crippen molar-refractivity contribution in [1.29, 1.82) is 0 Å². The van der Waals surface area contributed by atoms with Gasteiger partial charge in [0.25, 0.3) is 0 Å². The fourth-order valence-electron chi connectivity index (χ4n) is 4.48. The average Bonchev–Trinajstić information content (AvgIpc) is 3.12. The minimum absolute atomic E-state index is 0.273. The van der Waals surface area contributed by atoms with Crippen LogP contribution in [-0.4, -0.2) is 58.4 Å². The highest BCUT2D eigenvalue weighted by atomic mass is 16.5. The molecule has 1 aliphatic heterocycles. The van der Waals surface area contributed by atoms with Gasteiger partial charge in [0.05, 0.1) is 18.9 Å². The van der Waals surface area contributed by atoms with Crippen molar-refractivity contribution >= 4 is 11.8 Å². The summed E-state index contributed by atoms with van der Waals surface area (Å²) in [6.45, 7) is 5.35. The number of aliphatic hydroxyl groups excluding tert-OH is 1. The zero-order valence-electron chi connectivity index (χ0n) is 16.9. The Morgan fingerprint density at radius 1 is 1.21 bits per heavy atom. The molecule has 1 N–H and O–H groups in total. The average molecular weight is 398 g/mol. The van der Waals surface area contributed by atoms with Crippen LogP contribution in [0, 0.1) is 25.7 Å². The van der Waals surface area contributed by atoms with Crippen molar-refractivity contribution in [3.05, 3.63) is 41.6 Å². The molecule has 0 spiro atoms. The molecule has 29 heavy (non-hydrogen) atoms. The topological polar surface area (TPSA) is 97.7 Å². The largest absolute Gasteiger partial charge is 0.486 e. The molecule has 2 aromatic rings. The maximum Gasteiger partial charge on any atom is 0.343 e. The van der Waals surface area contributed by atoms with Crippen molar-refractivity contribution in [3.63, 3.8) is 0 Å². The second-order valence-corrected chi connectivity index (χ2v) is 7.91. The van der Waals surface area contributed by atoms with Gasteiger partial charge in [0.15, 0.2) is 0 Å². The molecule has 2 aromatic heterocycles. The van der Waals surface area contributed by atoms with Gasteiger partial charge in [-0.1, -0.05) is 0 Å². The van der Waals surface area contributed by atoms with Crippen LogP contribution in [-0.2, 0) is 4.74 Å².